The van der Waals surface area contributed by atoms with E-state index in [4.69, 9.17) is 42.6 Å². The second kappa shape index (κ2) is 27.7. The first-order chi connectivity index (χ1) is 35.7. The first-order valence-corrected chi connectivity index (χ1v) is 26.2. The topological polar surface area (TPSA) is 339 Å². The molecule has 0 spiro atoms. The van der Waals surface area contributed by atoms with Crippen molar-refractivity contribution >= 4 is 36.2 Å². The molecule has 10 N–H and O–H groups in total. The van der Waals surface area contributed by atoms with Gasteiger partial charge < -0.3 is 95.0 Å². The van der Waals surface area contributed by atoms with Crippen molar-refractivity contribution in [1.29, 1.82) is 0 Å². The molecule has 1 aromatic rings. The summed E-state index contributed by atoms with van der Waals surface area (Å²) in [4.78, 5) is 78.9. The molecule has 2 heterocycles. The van der Waals surface area contributed by atoms with Crippen LogP contribution in [-0.2, 0) is 47.4 Å². The molecule has 0 bridgehead atoms. The highest BCUT2D eigenvalue weighted by atomic mass is 16.7. The van der Waals surface area contributed by atoms with E-state index in [1.54, 1.807) is 113 Å². The molecule has 4 rings (SSSR count). The molecule has 77 heavy (non-hydrogen) atoms. The van der Waals surface area contributed by atoms with Crippen LogP contribution < -0.4 is 31.9 Å². The number of aliphatic hydroxyl groups excluding tert-OH is 3. The number of hydrogen-bond acceptors (Lipinski definition) is 20. The monoisotopic (exact) mass is 1100 g/mol. The van der Waals surface area contributed by atoms with Gasteiger partial charge in [-0.3, -0.25) is 4.79 Å². The highest BCUT2D eigenvalue weighted by Crippen LogP contribution is 2.34. The zero-order valence-electron chi connectivity index (χ0n) is 46.8. The fraction of sp³-hybridized carbons (Fsp3) is 0.769. The summed E-state index contributed by atoms with van der Waals surface area (Å²) in [5.41, 5.74) is -5.16. The lowest BCUT2D eigenvalue weighted by atomic mass is 9.82. The van der Waals surface area contributed by atoms with Gasteiger partial charge in [0.15, 0.2) is 12.6 Å². The summed E-state index contributed by atoms with van der Waals surface area (Å²) in [6.07, 6.45) is -15.5. The summed E-state index contributed by atoms with van der Waals surface area (Å²) in [6.45, 7) is 21.2. The maximum absolute atomic E-state index is 13.9. The van der Waals surface area contributed by atoms with Crippen LogP contribution in [0.15, 0.2) is 30.3 Å². The molecule has 438 valence electrons. The van der Waals surface area contributed by atoms with E-state index in [1.165, 1.54) is 6.92 Å². The molecule has 0 radical (unpaired) electrons. The normalized spacial score (nSPS) is 28.4. The van der Waals surface area contributed by atoms with Gasteiger partial charge in [0.25, 0.3) is 0 Å². The number of carbonyl (C=O) groups excluding carboxylic acids is 6. The molecule has 3 fully saturated rings. The van der Waals surface area contributed by atoms with Crippen LogP contribution in [0.3, 0.4) is 0 Å². The van der Waals surface area contributed by atoms with Crippen LogP contribution in [0.5, 0.6) is 0 Å². The molecule has 1 aromatic carbocycles. The van der Waals surface area contributed by atoms with Gasteiger partial charge in [0, 0.05) is 19.6 Å². The van der Waals surface area contributed by atoms with Gasteiger partial charge in [0.05, 0.1) is 42.4 Å². The van der Waals surface area contributed by atoms with Crippen molar-refractivity contribution in [1.82, 2.24) is 31.9 Å². The number of carbonyl (C=O) groups is 6. The Bertz CT molecular complexity index is 2100. The fourth-order valence-electron chi connectivity index (χ4n) is 8.31. The molecule has 3 aliphatic rings. The van der Waals surface area contributed by atoms with Crippen LogP contribution in [0.25, 0.3) is 0 Å². The molecular formula is C52H86N6O19. The smallest absolute Gasteiger partial charge is 0.408 e. The van der Waals surface area contributed by atoms with E-state index in [9.17, 15) is 49.2 Å². The number of amides is 5. The van der Waals surface area contributed by atoms with Gasteiger partial charge in [-0.05, 0) is 127 Å². The molecule has 1 aliphatic carbocycles. The minimum Gasteiger partial charge on any atom is -0.461 e. The van der Waals surface area contributed by atoms with E-state index in [0.29, 0.717) is 18.4 Å². The quantitative estimate of drug-likeness (QED) is 0.0510. The van der Waals surface area contributed by atoms with Gasteiger partial charge in [-0.25, -0.2) is 24.0 Å². The van der Waals surface area contributed by atoms with Crippen LogP contribution in [0, 0.1) is 0 Å². The average molecular weight is 1100 g/mol. The predicted molar refractivity (Wildman–Crippen MR) is 275 cm³/mol. The second-order valence-corrected chi connectivity index (χ2v) is 23.3. The van der Waals surface area contributed by atoms with Gasteiger partial charge in [0.2, 0.25) is 5.91 Å². The minimum atomic E-state index is -1.91. The number of nitrogens with one attached hydrogen (secondary N) is 6. The Morgan fingerprint density at radius 2 is 1.25 bits per heavy atom. The zero-order valence-corrected chi connectivity index (χ0v) is 46.8. The third kappa shape index (κ3) is 21.6. The molecule has 25 heteroatoms. The first kappa shape index (κ1) is 64.4. The third-order valence-corrected chi connectivity index (χ3v) is 12.3. The summed E-state index contributed by atoms with van der Waals surface area (Å²) in [6, 6.07) is 3.45. The Kier molecular flexibility index (Phi) is 23.1. The third-order valence-electron chi connectivity index (χ3n) is 12.3. The van der Waals surface area contributed by atoms with Crippen LogP contribution in [0.4, 0.5) is 19.2 Å². The van der Waals surface area contributed by atoms with Crippen molar-refractivity contribution in [2.75, 3.05) is 32.8 Å². The van der Waals surface area contributed by atoms with Crippen LogP contribution in [0.1, 0.15) is 132 Å². The Balaban J connectivity index is 1.69. The number of alkyl carbamates (subject to hydrolysis) is 4. The lowest BCUT2D eigenvalue weighted by Gasteiger charge is -2.49. The molecule has 5 amide bonds. The highest BCUT2D eigenvalue weighted by molar-refractivity contribution is 5.89. The maximum atomic E-state index is 13.9. The van der Waals surface area contributed by atoms with E-state index >= 15 is 0 Å². The summed E-state index contributed by atoms with van der Waals surface area (Å²) < 4.78 is 52.8. The van der Waals surface area contributed by atoms with Crippen LogP contribution in [-0.4, -0.2) is 191 Å². The summed E-state index contributed by atoms with van der Waals surface area (Å²) in [5, 5.41) is 63.4. The molecule has 25 nitrogen and oxygen atoms in total. The molecule has 2 aliphatic heterocycles. The fourth-order valence-corrected chi connectivity index (χ4v) is 8.31. The van der Waals surface area contributed by atoms with E-state index < -0.39 is 144 Å². The number of ether oxygens (including phenoxy) is 9. The van der Waals surface area contributed by atoms with E-state index in [2.05, 4.69) is 31.9 Å². The molecule has 13 atom stereocenters. The van der Waals surface area contributed by atoms with E-state index in [1.807, 2.05) is 0 Å². The molecule has 0 aromatic heterocycles. The maximum Gasteiger partial charge on any atom is 0.408 e. The number of benzene rings is 1. The average Bonchev–Trinajstić information content (AvgIpc) is 3.29. The largest absolute Gasteiger partial charge is 0.461 e. The second-order valence-electron chi connectivity index (χ2n) is 23.3. The molecule has 0 unspecified atom stereocenters. The van der Waals surface area contributed by atoms with Gasteiger partial charge in [0.1, 0.15) is 65.1 Å². The van der Waals surface area contributed by atoms with E-state index in [0.717, 1.165) is 0 Å². The summed E-state index contributed by atoms with van der Waals surface area (Å²) in [5.74, 6) is -1.49. The van der Waals surface area contributed by atoms with Crippen molar-refractivity contribution in [3.05, 3.63) is 35.9 Å². The Labute approximate surface area is 451 Å². The van der Waals surface area contributed by atoms with Crippen molar-refractivity contribution in [3.63, 3.8) is 0 Å². The Morgan fingerprint density at radius 3 is 1.83 bits per heavy atom. The number of rotatable bonds is 20. The van der Waals surface area contributed by atoms with Crippen LogP contribution in [0.2, 0.25) is 0 Å². The predicted octanol–water partition coefficient (Wildman–Crippen LogP) is 2.77. The molecule has 1 saturated carbocycles. The highest BCUT2D eigenvalue weighted by Gasteiger charge is 2.54. The van der Waals surface area contributed by atoms with Crippen molar-refractivity contribution in [3.8, 4) is 0 Å². The van der Waals surface area contributed by atoms with Gasteiger partial charge in [-0.15, -0.1) is 0 Å². The zero-order chi connectivity index (χ0) is 57.7. The lowest BCUT2D eigenvalue weighted by molar-refractivity contribution is -0.308. The lowest BCUT2D eigenvalue weighted by Crippen LogP contribution is -2.71. The number of hydrogen-bond donors (Lipinski definition) is 10. The molecule has 2 saturated heterocycles. The Morgan fingerprint density at radius 1 is 0.701 bits per heavy atom. The van der Waals surface area contributed by atoms with Gasteiger partial charge >= 0.3 is 30.3 Å². The standard InChI is InChI=1S/C52H86N6O19/c1-14-51(11,12)77-47(67)58-39-36(61)43(70-28-52(39,13)68)73-37-32(55-40(62)34(59)22-23-54-44(64)74-48(2,3)4)26-33(57-46(66)76-50(8,9)10)38(35(37)60)72-42-31(56-45(65)75-49(5,6)7)21-20-30(71-42)27-53-24-25-69-41(63)29-18-16-15-17-19-29/h15-19,30-39,42-43,53,59-61,68H,14,20-28H2,1-13H3,(H,54,64)(H,55,62)(H,56,65)(H,57,66)(H,58,67)/t30-,31+,32+,33-,34-,35+,36+,37-,38+,39+,42+,43+,52-/m0/s1. The van der Waals surface area contributed by atoms with Gasteiger partial charge in [-0.1, -0.05) is 25.1 Å². The molecular weight excluding hydrogens is 1010 g/mol. The van der Waals surface area contributed by atoms with Gasteiger partial charge in [-0.2, -0.15) is 0 Å². The van der Waals surface area contributed by atoms with Crippen LogP contribution >= 0.6 is 0 Å². The number of esters is 1. The number of aliphatic hydroxyl groups is 4. The SMILES string of the molecule is CCC(C)(C)OC(=O)N[C@@H]1[C@@H](O)[C@@H](O[C@@H]2[C@@H](O)[C@H](O[C@H]3O[C@H](CNCCOC(=O)c4ccccc4)CC[C@H]3NC(=O)OC(C)(C)C)[C@@H](NC(=O)OC(C)(C)C)C[C@H]2NC(=O)[C@@H](O)CCNC(=O)OC(C)(C)C)OC[C@]1(C)O. The first-order valence-electron chi connectivity index (χ1n) is 26.2. The van der Waals surface area contributed by atoms with E-state index in [-0.39, 0.29) is 45.5 Å². The van der Waals surface area contributed by atoms with Crippen molar-refractivity contribution < 1.29 is 91.8 Å². The Hall–Kier alpha value is -5.12. The van der Waals surface area contributed by atoms with Crippen molar-refractivity contribution in [2.45, 2.75) is 223 Å². The summed E-state index contributed by atoms with van der Waals surface area (Å²) >= 11 is 0. The van der Waals surface area contributed by atoms with Crippen molar-refractivity contribution in [2.24, 2.45) is 0 Å². The summed E-state index contributed by atoms with van der Waals surface area (Å²) in [7, 11) is 0. The minimum absolute atomic E-state index is 0.0312.